The molecule has 0 spiro atoms. The van der Waals surface area contributed by atoms with Gasteiger partial charge in [0.1, 0.15) is 11.5 Å². The summed E-state index contributed by atoms with van der Waals surface area (Å²) in [6.45, 7) is 2.85. The average molecular weight is 379 g/mol. The first kappa shape index (κ1) is 17.9. The number of carbonyl (C=O) groups is 1. The second kappa shape index (κ2) is 7.26. The Kier molecular flexibility index (Phi) is 4.64. The van der Waals surface area contributed by atoms with Gasteiger partial charge in [-0.1, -0.05) is 18.2 Å². The van der Waals surface area contributed by atoms with Gasteiger partial charge in [-0.3, -0.25) is 4.79 Å². The van der Waals surface area contributed by atoms with E-state index in [1.54, 1.807) is 22.5 Å². The van der Waals surface area contributed by atoms with Crippen LogP contribution in [0.1, 0.15) is 40.8 Å². The van der Waals surface area contributed by atoms with Crippen LogP contribution in [0.4, 0.5) is 5.95 Å². The van der Waals surface area contributed by atoms with Gasteiger partial charge < -0.3 is 10.6 Å². The van der Waals surface area contributed by atoms with Gasteiger partial charge in [0, 0.05) is 24.7 Å². The number of nitrogen functional groups attached to an aromatic ring is 1. The molecule has 9 heteroatoms. The molecule has 3 aromatic rings. The lowest BCUT2D eigenvalue weighted by Crippen LogP contribution is -2.40. The third kappa shape index (κ3) is 3.38. The van der Waals surface area contributed by atoms with Gasteiger partial charge in [-0.25, -0.2) is 24.4 Å². The molecule has 1 saturated heterocycles. The van der Waals surface area contributed by atoms with Crippen LogP contribution in [0.15, 0.2) is 41.2 Å². The van der Waals surface area contributed by atoms with Gasteiger partial charge >= 0.3 is 5.69 Å². The number of aromatic nitrogens is 5. The Bertz CT molecular complexity index is 1040. The molecule has 4 rings (SSSR count). The molecule has 3 N–H and O–H groups in total. The summed E-state index contributed by atoms with van der Waals surface area (Å²) in [5.41, 5.74) is 7.08. The molecule has 3 heterocycles. The lowest BCUT2D eigenvalue weighted by atomic mass is 9.96. The number of nitrogens with one attached hydrogen (secondary N) is 1. The fourth-order valence-corrected chi connectivity index (χ4v) is 3.65. The average Bonchev–Trinajstić information content (AvgIpc) is 3.09. The van der Waals surface area contributed by atoms with Crippen LogP contribution in [0.5, 0.6) is 0 Å². The monoisotopic (exact) mass is 379 g/mol. The van der Waals surface area contributed by atoms with E-state index >= 15 is 0 Å². The first-order chi connectivity index (χ1) is 13.5. The minimum Gasteiger partial charge on any atom is -0.368 e. The van der Waals surface area contributed by atoms with Crippen LogP contribution in [0.3, 0.4) is 0 Å². The van der Waals surface area contributed by atoms with Gasteiger partial charge in [0.25, 0.3) is 5.91 Å². The summed E-state index contributed by atoms with van der Waals surface area (Å²) in [6, 6.07) is 11.0. The molecule has 144 valence electrons. The van der Waals surface area contributed by atoms with E-state index in [9.17, 15) is 9.59 Å². The highest BCUT2D eigenvalue weighted by Gasteiger charge is 2.30. The van der Waals surface area contributed by atoms with Crippen molar-refractivity contribution in [3.63, 3.8) is 0 Å². The molecule has 1 aliphatic rings. The van der Waals surface area contributed by atoms with Gasteiger partial charge in [0.15, 0.2) is 0 Å². The van der Waals surface area contributed by atoms with Crippen LogP contribution in [-0.2, 0) is 0 Å². The van der Waals surface area contributed by atoms with E-state index in [1.165, 1.54) is 0 Å². The maximum absolute atomic E-state index is 12.9. The summed E-state index contributed by atoms with van der Waals surface area (Å²) < 4.78 is 1.57. The third-order valence-corrected chi connectivity index (χ3v) is 4.88. The minimum absolute atomic E-state index is 0.0582. The lowest BCUT2D eigenvalue weighted by molar-refractivity contribution is 0.0697. The second-order valence-corrected chi connectivity index (χ2v) is 6.90. The summed E-state index contributed by atoms with van der Waals surface area (Å²) in [7, 11) is 0. The van der Waals surface area contributed by atoms with Crippen LogP contribution >= 0.6 is 0 Å². The molecule has 9 nitrogen and oxygen atoms in total. The second-order valence-electron chi connectivity index (χ2n) is 6.90. The maximum atomic E-state index is 12.9. The standard InChI is InChI=1S/C19H21N7O2/c1-12-10-15(22-18(20)21-12)17(27)25-9-5-6-13(11-25)16-23-24-19(28)26(16)14-7-3-2-4-8-14/h2-4,7-8,10,13H,5-6,9,11H2,1H3,(H,24,28)(H2,20,21,22). The number of nitrogens with two attached hydrogens (primary N) is 1. The Morgan fingerprint density at radius 2 is 2.04 bits per heavy atom. The minimum atomic E-state index is -0.288. The van der Waals surface area contributed by atoms with Gasteiger partial charge in [0.05, 0.1) is 5.69 Å². The molecule has 2 aromatic heterocycles. The van der Waals surface area contributed by atoms with Crippen LogP contribution in [-0.4, -0.2) is 48.6 Å². The summed E-state index contributed by atoms with van der Waals surface area (Å²) in [5, 5.41) is 6.79. The smallest absolute Gasteiger partial charge is 0.347 e. The van der Waals surface area contributed by atoms with Crippen molar-refractivity contribution < 1.29 is 4.79 Å². The summed E-state index contributed by atoms with van der Waals surface area (Å²) in [5.74, 6) is 0.470. The molecule has 1 aromatic carbocycles. The predicted molar refractivity (Wildman–Crippen MR) is 103 cm³/mol. The van der Waals surface area contributed by atoms with Crippen LogP contribution in [0.2, 0.25) is 0 Å². The zero-order valence-corrected chi connectivity index (χ0v) is 15.5. The van der Waals surface area contributed by atoms with E-state index in [0.717, 1.165) is 18.5 Å². The molecule has 1 fully saturated rings. The molecular weight excluding hydrogens is 358 g/mol. The number of likely N-dealkylation sites (tertiary alicyclic amines) is 1. The van der Waals surface area contributed by atoms with Gasteiger partial charge in [-0.05, 0) is 38.0 Å². The zero-order chi connectivity index (χ0) is 19.7. The third-order valence-electron chi connectivity index (χ3n) is 4.88. The molecule has 1 amide bonds. The number of benzene rings is 1. The number of hydrogen-bond acceptors (Lipinski definition) is 6. The van der Waals surface area contributed by atoms with E-state index in [1.807, 2.05) is 30.3 Å². The number of carbonyl (C=O) groups excluding carboxylic acids is 1. The number of piperidine rings is 1. The maximum Gasteiger partial charge on any atom is 0.347 e. The lowest BCUT2D eigenvalue weighted by Gasteiger charge is -2.32. The molecule has 1 unspecified atom stereocenters. The Labute approximate surface area is 161 Å². The topological polar surface area (TPSA) is 123 Å². The Morgan fingerprint density at radius 1 is 1.25 bits per heavy atom. The van der Waals surface area contributed by atoms with Crippen molar-refractivity contribution in [3.8, 4) is 5.69 Å². The van der Waals surface area contributed by atoms with Gasteiger partial charge in [-0.15, -0.1) is 0 Å². The molecule has 28 heavy (non-hydrogen) atoms. The van der Waals surface area contributed by atoms with Crippen LogP contribution in [0.25, 0.3) is 5.69 Å². The zero-order valence-electron chi connectivity index (χ0n) is 15.5. The molecule has 0 bridgehead atoms. The van der Waals surface area contributed by atoms with E-state index < -0.39 is 0 Å². The van der Waals surface area contributed by atoms with Crippen molar-refractivity contribution in [1.82, 2.24) is 29.6 Å². The number of anilines is 1. The Hall–Kier alpha value is -3.49. The molecular formula is C19H21N7O2. The number of aromatic amines is 1. The van der Waals surface area contributed by atoms with E-state index in [-0.39, 0.29) is 29.2 Å². The van der Waals surface area contributed by atoms with E-state index in [2.05, 4.69) is 20.2 Å². The predicted octanol–water partition coefficient (Wildman–Crippen LogP) is 1.26. The molecule has 0 saturated carbocycles. The van der Waals surface area contributed by atoms with Crippen molar-refractivity contribution in [2.45, 2.75) is 25.7 Å². The number of aryl methyl sites for hydroxylation is 1. The Morgan fingerprint density at radius 3 is 2.79 bits per heavy atom. The quantitative estimate of drug-likeness (QED) is 0.706. The van der Waals surface area contributed by atoms with E-state index in [0.29, 0.717) is 24.6 Å². The first-order valence-corrected chi connectivity index (χ1v) is 9.16. The normalized spacial score (nSPS) is 16.9. The van der Waals surface area contributed by atoms with Gasteiger partial charge in [0.2, 0.25) is 5.95 Å². The number of hydrogen-bond donors (Lipinski definition) is 2. The number of amides is 1. The highest BCUT2D eigenvalue weighted by Crippen LogP contribution is 2.27. The largest absolute Gasteiger partial charge is 0.368 e. The summed E-state index contributed by atoms with van der Waals surface area (Å²) in [4.78, 5) is 35.1. The fourth-order valence-electron chi connectivity index (χ4n) is 3.65. The number of para-hydroxylation sites is 1. The summed E-state index contributed by atoms with van der Waals surface area (Å²) >= 11 is 0. The molecule has 1 atom stereocenters. The van der Waals surface area contributed by atoms with Crippen LogP contribution < -0.4 is 11.4 Å². The molecule has 0 aliphatic carbocycles. The first-order valence-electron chi connectivity index (χ1n) is 9.16. The number of rotatable bonds is 3. The van der Waals surface area contributed by atoms with Crippen molar-refractivity contribution >= 4 is 11.9 Å². The molecule has 0 radical (unpaired) electrons. The highest BCUT2D eigenvalue weighted by atomic mass is 16.2. The SMILES string of the molecule is Cc1cc(C(=O)N2CCCC(c3n[nH]c(=O)n3-c3ccccc3)C2)nc(N)n1. The van der Waals surface area contributed by atoms with Crippen LogP contribution in [0, 0.1) is 6.92 Å². The van der Waals surface area contributed by atoms with Crippen molar-refractivity contribution in [1.29, 1.82) is 0 Å². The van der Waals surface area contributed by atoms with E-state index in [4.69, 9.17) is 5.73 Å². The van der Waals surface area contributed by atoms with Gasteiger partial charge in [-0.2, -0.15) is 5.10 Å². The summed E-state index contributed by atoms with van der Waals surface area (Å²) in [6.07, 6.45) is 1.65. The highest BCUT2D eigenvalue weighted by molar-refractivity contribution is 5.92. The number of nitrogens with zero attached hydrogens (tertiary/aromatic N) is 5. The molecule has 1 aliphatic heterocycles. The van der Waals surface area contributed by atoms with Crippen molar-refractivity contribution in [3.05, 3.63) is 64.1 Å². The fraction of sp³-hybridized carbons (Fsp3) is 0.316. The Balaban J connectivity index is 1.62. The number of H-pyrrole nitrogens is 1. The van der Waals surface area contributed by atoms with Crippen molar-refractivity contribution in [2.75, 3.05) is 18.8 Å². The van der Waals surface area contributed by atoms with Crippen molar-refractivity contribution in [2.24, 2.45) is 0 Å².